The van der Waals surface area contributed by atoms with Gasteiger partial charge in [-0.15, -0.1) is 0 Å². The van der Waals surface area contributed by atoms with E-state index in [0.717, 1.165) is 18.5 Å². The van der Waals surface area contributed by atoms with Gasteiger partial charge in [-0.05, 0) is 51.9 Å². The number of benzene rings is 1. The number of amides is 1. The normalized spacial score (nSPS) is 15.4. The van der Waals surface area contributed by atoms with E-state index in [4.69, 9.17) is 0 Å². The number of carbonyl (C=O) groups is 1. The van der Waals surface area contributed by atoms with Gasteiger partial charge in [0.25, 0.3) is 0 Å². The highest BCUT2D eigenvalue weighted by Gasteiger charge is 2.26. The SMILES string of the molecule is Cc1ccc([C@@H](C(=O)NCCCn2nccc2C2CC2)N(C)C)cc1. The van der Waals surface area contributed by atoms with E-state index in [9.17, 15) is 4.79 Å². The molecule has 3 rings (SSSR count). The van der Waals surface area contributed by atoms with Crippen LogP contribution < -0.4 is 5.32 Å². The number of hydrogen-bond donors (Lipinski definition) is 1. The maximum Gasteiger partial charge on any atom is 0.241 e. The van der Waals surface area contributed by atoms with Crippen molar-refractivity contribution in [2.45, 2.75) is 44.7 Å². The van der Waals surface area contributed by atoms with Gasteiger partial charge in [0.1, 0.15) is 6.04 Å². The molecule has 1 saturated carbocycles. The van der Waals surface area contributed by atoms with E-state index in [2.05, 4.69) is 40.2 Å². The summed E-state index contributed by atoms with van der Waals surface area (Å²) in [5.41, 5.74) is 3.57. The van der Waals surface area contributed by atoms with E-state index in [-0.39, 0.29) is 11.9 Å². The zero-order valence-corrected chi connectivity index (χ0v) is 15.4. The molecule has 0 bridgehead atoms. The van der Waals surface area contributed by atoms with E-state index in [1.54, 1.807) is 0 Å². The maximum absolute atomic E-state index is 12.6. The van der Waals surface area contributed by atoms with Gasteiger partial charge in [-0.25, -0.2) is 0 Å². The predicted molar refractivity (Wildman–Crippen MR) is 99.4 cm³/mol. The molecule has 1 amide bonds. The largest absolute Gasteiger partial charge is 0.354 e. The Kier molecular flexibility index (Phi) is 5.53. The summed E-state index contributed by atoms with van der Waals surface area (Å²) < 4.78 is 2.09. The molecule has 1 aliphatic carbocycles. The molecule has 5 heteroatoms. The van der Waals surface area contributed by atoms with Gasteiger partial charge in [-0.2, -0.15) is 5.10 Å². The average Bonchev–Trinajstić information content (AvgIpc) is 3.32. The molecular formula is C20H28N4O. The summed E-state index contributed by atoms with van der Waals surface area (Å²) in [4.78, 5) is 14.6. The summed E-state index contributed by atoms with van der Waals surface area (Å²) >= 11 is 0. The Balaban J connectivity index is 1.51. The quantitative estimate of drug-likeness (QED) is 0.752. The lowest BCUT2D eigenvalue weighted by molar-refractivity contribution is -0.125. The lowest BCUT2D eigenvalue weighted by Gasteiger charge is -2.24. The Morgan fingerprint density at radius 3 is 2.64 bits per heavy atom. The maximum atomic E-state index is 12.6. The van der Waals surface area contributed by atoms with Crippen molar-refractivity contribution in [3.8, 4) is 0 Å². The Morgan fingerprint density at radius 2 is 2.00 bits per heavy atom. The van der Waals surface area contributed by atoms with Gasteiger partial charge in [0.15, 0.2) is 0 Å². The fourth-order valence-corrected chi connectivity index (χ4v) is 3.23. The van der Waals surface area contributed by atoms with E-state index in [1.807, 2.05) is 37.3 Å². The van der Waals surface area contributed by atoms with Gasteiger partial charge in [-0.3, -0.25) is 14.4 Å². The molecule has 0 saturated heterocycles. The second kappa shape index (κ2) is 7.83. The van der Waals surface area contributed by atoms with Crippen molar-refractivity contribution in [1.82, 2.24) is 20.0 Å². The smallest absolute Gasteiger partial charge is 0.241 e. The molecule has 1 heterocycles. The van der Waals surface area contributed by atoms with Crippen LogP contribution in [0.3, 0.4) is 0 Å². The molecule has 0 spiro atoms. The summed E-state index contributed by atoms with van der Waals surface area (Å²) in [6.07, 6.45) is 5.33. The molecule has 25 heavy (non-hydrogen) atoms. The highest BCUT2D eigenvalue weighted by molar-refractivity contribution is 5.83. The van der Waals surface area contributed by atoms with Crippen molar-refractivity contribution < 1.29 is 4.79 Å². The summed E-state index contributed by atoms with van der Waals surface area (Å²) in [5, 5.41) is 7.49. The number of likely N-dealkylation sites (N-methyl/N-ethyl adjacent to an activating group) is 1. The molecule has 2 aromatic rings. The molecule has 1 aromatic heterocycles. The Bertz CT molecular complexity index is 701. The molecule has 0 aliphatic heterocycles. The molecule has 1 aromatic carbocycles. The minimum atomic E-state index is -0.257. The number of aromatic nitrogens is 2. The molecule has 1 fully saturated rings. The predicted octanol–water partition coefficient (Wildman–Crippen LogP) is 2.88. The first-order valence-electron chi connectivity index (χ1n) is 9.08. The summed E-state index contributed by atoms with van der Waals surface area (Å²) in [6, 6.07) is 10.0. The van der Waals surface area contributed by atoms with Crippen molar-refractivity contribution in [1.29, 1.82) is 0 Å². The molecule has 1 N–H and O–H groups in total. The van der Waals surface area contributed by atoms with Crippen molar-refractivity contribution in [2.24, 2.45) is 0 Å². The van der Waals surface area contributed by atoms with Crippen LogP contribution in [0.1, 0.15) is 48.0 Å². The number of carbonyl (C=O) groups excluding carboxylic acids is 1. The number of rotatable bonds is 8. The second-order valence-corrected chi connectivity index (χ2v) is 7.17. The topological polar surface area (TPSA) is 50.2 Å². The van der Waals surface area contributed by atoms with Crippen LogP contribution in [0.2, 0.25) is 0 Å². The third-order valence-electron chi connectivity index (χ3n) is 4.75. The van der Waals surface area contributed by atoms with Crippen LogP contribution in [0.25, 0.3) is 0 Å². The van der Waals surface area contributed by atoms with Gasteiger partial charge in [0, 0.05) is 30.9 Å². The zero-order chi connectivity index (χ0) is 17.8. The first kappa shape index (κ1) is 17.7. The third kappa shape index (κ3) is 4.48. The fraction of sp³-hybridized carbons (Fsp3) is 0.500. The van der Waals surface area contributed by atoms with E-state index < -0.39 is 0 Å². The molecule has 1 aliphatic rings. The monoisotopic (exact) mass is 340 g/mol. The number of nitrogens with one attached hydrogen (secondary N) is 1. The molecular weight excluding hydrogens is 312 g/mol. The standard InChI is InChI=1S/C20H28N4O/c1-15-5-7-17(8-6-15)19(23(2)3)20(25)21-12-4-14-24-18(11-13-22-24)16-9-10-16/h5-8,11,13,16,19H,4,9-10,12,14H2,1-3H3,(H,21,25)/t19-/m0/s1. The summed E-state index contributed by atoms with van der Waals surface area (Å²) in [7, 11) is 3.88. The van der Waals surface area contributed by atoms with Crippen LogP contribution in [0.5, 0.6) is 0 Å². The Hall–Kier alpha value is -2.14. The van der Waals surface area contributed by atoms with E-state index in [1.165, 1.54) is 24.1 Å². The highest BCUT2D eigenvalue weighted by Crippen LogP contribution is 2.39. The number of aryl methyl sites for hydroxylation is 2. The first-order chi connectivity index (χ1) is 12.1. The van der Waals surface area contributed by atoms with Gasteiger partial charge < -0.3 is 5.32 Å². The zero-order valence-electron chi connectivity index (χ0n) is 15.4. The number of hydrogen-bond acceptors (Lipinski definition) is 3. The van der Waals surface area contributed by atoms with Crippen molar-refractivity contribution >= 4 is 5.91 Å². The third-order valence-corrected chi connectivity index (χ3v) is 4.75. The Morgan fingerprint density at radius 1 is 1.28 bits per heavy atom. The first-order valence-corrected chi connectivity index (χ1v) is 9.08. The molecule has 134 valence electrons. The van der Waals surface area contributed by atoms with Gasteiger partial charge >= 0.3 is 0 Å². The van der Waals surface area contributed by atoms with Crippen LogP contribution >= 0.6 is 0 Å². The van der Waals surface area contributed by atoms with Crippen LogP contribution in [0, 0.1) is 6.92 Å². The molecule has 1 atom stereocenters. The van der Waals surface area contributed by atoms with Gasteiger partial charge in [-0.1, -0.05) is 29.8 Å². The molecule has 0 unspecified atom stereocenters. The minimum absolute atomic E-state index is 0.0525. The minimum Gasteiger partial charge on any atom is -0.354 e. The van der Waals surface area contributed by atoms with Crippen LogP contribution in [0.4, 0.5) is 0 Å². The van der Waals surface area contributed by atoms with Crippen LogP contribution in [-0.4, -0.2) is 41.2 Å². The van der Waals surface area contributed by atoms with Crippen molar-refractivity contribution in [3.05, 3.63) is 53.3 Å². The average molecular weight is 340 g/mol. The van der Waals surface area contributed by atoms with E-state index in [0.29, 0.717) is 12.5 Å². The van der Waals surface area contributed by atoms with Crippen molar-refractivity contribution in [2.75, 3.05) is 20.6 Å². The van der Waals surface area contributed by atoms with Crippen LogP contribution in [0.15, 0.2) is 36.5 Å². The molecule has 0 radical (unpaired) electrons. The van der Waals surface area contributed by atoms with Crippen molar-refractivity contribution in [3.63, 3.8) is 0 Å². The Labute approximate surface area is 150 Å². The lowest BCUT2D eigenvalue weighted by Crippen LogP contribution is -2.37. The molecule has 5 nitrogen and oxygen atoms in total. The summed E-state index contributed by atoms with van der Waals surface area (Å²) in [6.45, 7) is 3.58. The van der Waals surface area contributed by atoms with Gasteiger partial charge in [0.2, 0.25) is 5.91 Å². The van der Waals surface area contributed by atoms with Crippen LogP contribution in [-0.2, 0) is 11.3 Å². The van der Waals surface area contributed by atoms with E-state index >= 15 is 0 Å². The number of nitrogens with zero attached hydrogens (tertiary/aromatic N) is 3. The fourth-order valence-electron chi connectivity index (χ4n) is 3.23. The lowest BCUT2D eigenvalue weighted by atomic mass is 10.0. The summed E-state index contributed by atoms with van der Waals surface area (Å²) in [5.74, 6) is 0.758. The highest BCUT2D eigenvalue weighted by atomic mass is 16.2. The van der Waals surface area contributed by atoms with Gasteiger partial charge in [0.05, 0.1) is 0 Å². The second-order valence-electron chi connectivity index (χ2n) is 7.17.